The van der Waals surface area contributed by atoms with Crippen molar-refractivity contribution in [1.29, 1.82) is 0 Å². The van der Waals surface area contributed by atoms with E-state index in [1.165, 1.54) is 161 Å². The molecular formula is C95H164O16P2. The number of esters is 3. The van der Waals surface area contributed by atoms with Crippen molar-refractivity contribution >= 4 is 33.6 Å². The van der Waals surface area contributed by atoms with Crippen LogP contribution in [0.4, 0.5) is 0 Å². The number of carbonyl (C=O) groups excluding carboxylic acids is 3. The number of unbranched alkanes of at least 4 members (excludes halogenated alkanes) is 38. The monoisotopic (exact) mass is 1620 g/mol. The molecule has 0 rings (SSSR count). The summed E-state index contributed by atoms with van der Waals surface area (Å²) in [6.07, 6.45) is 109. The number of rotatable bonds is 85. The summed E-state index contributed by atoms with van der Waals surface area (Å²) < 4.78 is 61.4. The van der Waals surface area contributed by atoms with E-state index < -0.39 is 91.5 Å². The van der Waals surface area contributed by atoms with Crippen molar-refractivity contribution in [3.8, 4) is 0 Å². The molecule has 0 fully saturated rings. The van der Waals surface area contributed by atoms with Crippen molar-refractivity contribution < 1.29 is 75.8 Å². The fourth-order valence-electron chi connectivity index (χ4n) is 12.2. The molecule has 0 aromatic carbocycles. The van der Waals surface area contributed by atoms with Crippen molar-refractivity contribution in [2.45, 2.75) is 399 Å². The van der Waals surface area contributed by atoms with Crippen LogP contribution in [0.15, 0.2) is 146 Å². The third-order valence-electron chi connectivity index (χ3n) is 19.0. The molecule has 0 bridgehead atoms. The quantitative estimate of drug-likeness (QED) is 0.0146. The average molecular weight is 1620 g/mol. The van der Waals surface area contributed by atoms with Gasteiger partial charge in [0.25, 0.3) is 0 Å². The maximum atomic E-state index is 13.0. The van der Waals surface area contributed by atoms with Crippen molar-refractivity contribution in [2.24, 2.45) is 0 Å². The zero-order valence-electron chi connectivity index (χ0n) is 71.5. The largest absolute Gasteiger partial charge is 0.472 e. The van der Waals surface area contributed by atoms with Gasteiger partial charge < -0.3 is 34.2 Å². The molecule has 0 spiro atoms. The fourth-order valence-corrected chi connectivity index (χ4v) is 13.8. The Morgan fingerprint density at radius 2 is 0.469 bits per heavy atom. The highest BCUT2D eigenvalue weighted by Crippen LogP contribution is 2.45. The van der Waals surface area contributed by atoms with Gasteiger partial charge in [-0.05, 0) is 148 Å². The second kappa shape index (κ2) is 86.8. The number of allylic oxidation sites excluding steroid dienone is 24. The van der Waals surface area contributed by atoms with Crippen LogP contribution in [-0.4, -0.2) is 95.9 Å². The summed E-state index contributed by atoms with van der Waals surface area (Å²) >= 11 is 0. The maximum Gasteiger partial charge on any atom is 0.472 e. The van der Waals surface area contributed by atoms with Gasteiger partial charge in [0.1, 0.15) is 25.4 Å². The minimum atomic E-state index is -4.94. The second-order valence-electron chi connectivity index (χ2n) is 30.0. The van der Waals surface area contributed by atoms with Gasteiger partial charge in [-0.2, -0.15) is 0 Å². The first-order valence-electron chi connectivity index (χ1n) is 45.1. The molecule has 113 heavy (non-hydrogen) atoms. The van der Waals surface area contributed by atoms with Gasteiger partial charge in [0, 0.05) is 19.3 Å². The Bertz CT molecular complexity index is 2630. The third-order valence-corrected chi connectivity index (χ3v) is 20.9. The number of carbonyl (C=O) groups is 3. The third kappa shape index (κ3) is 88.1. The van der Waals surface area contributed by atoms with E-state index in [9.17, 15) is 43.5 Å². The lowest BCUT2D eigenvalue weighted by Crippen LogP contribution is -2.30. The first kappa shape index (κ1) is 108. The van der Waals surface area contributed by atoms with Crippen LogP contribution in [0.25, 0.3) is 0 Å². The standard InChI is InChI=1S/C95H164O16P2/c1-4-7-10-13-16-19-22-25-28-31-34-36-38-40-41-42-43-44-45-46-47-49-51-52-55-57-60-63-66-69-72-75-78-81-93(98)105-84-90(96)85-107-112(101,102)108-86-91(97)87-109-113(103,104)110-89-92(111-95(100)83-80-77-74-71-68-65-62-59-54-33-30-27-24-21-18-15-12-9-6-3)88-106-94(99)82-79-76-73-70-67-64-61-58-56-53-50-48-39-37-35-32-29-26-23-20-17-14-11-8-5-2/h7,10,16-21,25-30,34-37,40-41,48,50,54,59,90-92,96-97H,4-6,8-9,11-15,22-24,31-33,38-39,42-47,49,51-53,55-58,60-89H2,1-3H3,(H,101,102)(H,103,104)/b10-7-,19-16-,20-17-,21-18-,28-25-,29-26-,30-27-,36-34-,37-35-,41-40-,50-48-,59-54-. The molecular weight excluding hydrogens is 1460 g/mol. The highest BCUT2D eigenvalue weighted by Gasteiger charge is 2.29. The van der Waals surface area contributed by atoms with Crippen LogP contribution < -0.4 is 0 Å². The van der Waals surface area contributed by atoms with Crippen LogP contribution in [0.2, 0.25) is 0 Å². The van der Waals surface area contributed by atoms with Gasteiger partial charge in [-0.25, -0.2) is 9.13 Å². The van der Waals surface area contributed by atoms with E-state index in [1.54, 1.807) is 0 Å². The number of aliphatic hydroxyl groups excluding tert-OH is 2. The molecule has 0 aromatic heterocycles. The van der Waals surface area contributed by atoms with E-state index in [4.69, 9.17) is 32.3 Å². The number of hydrogen-bond donors (Lipinski definition) is 4. The molecule has 16 nitrogen and oxygen atoms in total. The average Bonchev–Trinajstić information content (AvgIpc) is 0.900. The molecule has 18 heteroatoms. The molecule has 5 atom stereocenters. The fraction of sp³-hybridized carbons (Fsp3) is 0.716. The van der Waals surface area contributed by atoms with Gasteiger partial charge in [-0.3, -0.25) is 32.5 Å². The van der Waals surface area contributed by atoms with Gasteiger partial charge in [-0.1, -0.05) is 359 Å². The van der Waals surface area contributed by atoms with E-state index in [-0.39, 0.29) is 19.3 Å². The number of hydrogen-bond acceptors (Lipinski definition) is 14. The smallest absolute Gasteiger partial charge is 0.463 e. The Kier molecular flexibility index (Phi) is 83.3. The topological polar surface area (TPSA) is 231 Å². The first-order chi connectivity index (χ1) is 55.2. The molecule has 0 aromatic rings. The molecule has 0 aliphatic heterocycles. The lowest BCUT2D eigenvalue weighted by Gasteiger charge is -2.21. The Morgan fingerprint density at radius 1 is 0.257 bits per heavy atom. The molecule has 0 aliphatic rings. The predicted molar refractivity (Wildman–Crippen MR) is 473 cm³/mol. The number of phosphoric ester groups is 2. The van der Waals surface area contributed by atoms with Gasteiger partial charge in [0.05, 0.1) is 26.4 Å². The van der Waals surface area contributed by atoms with Crippen LogP contribution in [0, 0.1) is 0 Å². The van der Waals surface area contributed by atoms with Gasteiger partial charge in [-0.15, -0.1) is 0 Å². The van der Waals surface area contributed by atoms with Crippen LogP contribution in [0.5, 0.6) is 0 Å². The summed E-state index contributed by atoms with van der Waals surface area (Å²) in [5.74, 6) is -1.59. The summed E-state index contributed by atoms with van der Waals surface area (Å²) in [7, 11) is -9.81. The molecule has 0 saturated heterocycles. The first-order valence-corrected chi connectivity index (χ1v) is 48.1. The Hall–Kier alpha value is -4.57. The van der Waals surface area contributed by atoms with Gasteiger partial charge >= 0.3 is 33.6 Å². The Balaban J connectivity index is 4.54. The van der Waals surface area contributed by atoms with Crippen molar-refractivity contribution in [3.63, 3.8) is 0 Å². The molecule has 0 aliphatic carbocycles. The minimum absolute atomic E-state index is 0.0864. The van der Waals surface area contributed by atoms with E-state index in [0.717, 1.165) is 161 Å². The maximum absolute atomic E-state index is 13.0. The molecule has 5 unspecified atom stereocenters. The lowest BCUT2D eigenvalue weighted by atomic mass is 10.0. The number of aliphatic hydroxyl groups is 2. The van der Waals surface area contributed by atoms with E-state index in [0.29, 0.717) is 19.3 Å². The SMILES string of the molecule is CC/C=C\C/C=C\C/C=C\C/C=C\C/C=C\CCCCCCCCCCCCCCCCCCCC(=O)OCC(O)COP(=O)(O)OCC(O)COP(=O)(O)OCC(COC(=O)CCCCCCCCCCC/C=C\C/C=C\C/C=C\C/C=C\CCCCC)OC(=O)CCCCCCCC/C=C\C/C=C\C/C=C\CCCCC. The van der Waals surface area contributed by atoms with E-state index in [1.807, 2.05) is 0 Å². The summed E-state index contributed by atoms with van der Waals surface area (Å²) in [4.78, 5) is 58.9. The second-order valence-corrected chi connectivity index (χ2v) is 32.9. The molecule has 0 radical (unpaired) electrons. The summed E-state index contributed by atoms with van der Waals surface area (Å²) in [5.41, 5.74) is 0. The van der Waals surface area contributed by atoms with Crippen LogP contribution in [-0.2, 0) is 55.8 Å². The highest BCUT2D eigenvalue weighted by atomic mass is 31.2. The number of ether oxygens (including phenoxy) is 3. The summed E-state index contributed by atoms with van der Waals surface area (Å²) in [6, 6.07) is 0. The normalized spacial score (nSPS) is 14.5. The molecule has 0 amide bonds. The molecule has 4 N–H and O–H groups in total. The zero-order valence-corrected chi connectivity index (χ0v) is 73.3. The van der Waals surface area contributed by atoms with E-state index >= 15 is 0 Å². The zero-order chi connectivity index (χ0) is 82.2. The predicted octanol–water partition coefficient (Wildman–Crippen LogP) is 27.6. The van der Waals surface area contributed by atoms with Gasteiger partial charge in [0.2, 0.25) is 0 Å². The van der Waals surface area contributed by atoms with E-state index in [2.05, 4.69) is 167 Å². The molecule has 0 saturated carbocycles. The highest BCUT2D eigenvalue weighted by molar-refractivity contribution is 7.47. The van der Waals surface area contributed by atoms with Crippen LogP contribution >= 0.6 is 15.6 Å². The minimum Gasteiger partial charge on any atom is -0.463 e. The summed E-state index contributed by atoms with van der Waals surface area (Å²) in [5, 5.41) is 20.7. The lowest BCUT2D eigenvalue weighted by molar-refractivity contribution is -0.161. The summed E-state index contributed by atoms with van der Waals surface area (Å²) in [6.45, 7) is 2.54. The molecule has 0 heterocycles. The van der Waals surface area contributed by atoms with Crippen LogP contribution in [0.3, 0.4) is 0 Å². The Morgan fingerprint density at radius 3 is 0.743 bits per heavy atom. The van der Waals surface area contributed by atoms with Crippen LogP contribution in [0.1, 0.15) is 380 Å². The van der Waals surface area contributed by atoms with Gasteiger partial charge in [0.15, 0.2) is 6.10 Å². The van der Waals surface area contributed by atoms with Crippen molar-refractivity contribution in [2.75, 3.05) is 39.6 Å². The Labute approximate surface area is 689 Å². The van der Waals surface area contributed by atoms with Crippen molar-refractivity contribution in [1.82, 2.24) is 0 Å². The van der Waals surface area contributed by atoms with Crippen molar-refractivity contribution in [3.05, 3.63) is 146 Å². The number of phosphoric acid groups is 2. The molecule has 650 valence electrons.